The number of nitrogen functional groups attached to an aromatic ring is 1. The maximum absolute atomic E-state index is 9.93. The monoisotopic (exact) mass is 209 g/mol. The molecule has 0 aliphatic rings. The lowest BCUT2D eigenvalue weighted by molar-refractivity contribution is 0.174. The first-order valence-electron chi connectivity index (χ1n) is 5.26. The van der Waals surface area contributed by atoms with Crippen molar-refractivity contribution in [1.29, 1.82) is 0 Å². The molecule has 1 unspecified atom stereocenters. The van der Waals surface area contributed by atoms with Gasteiger partial charge in [0.2, 0.25) is 0 Å². The molecule has 4 heteroatoms. The van der Waals surface area contributed by atoms with Crippen LogP contribution in [0.15, 0.2) is 12.3 Å². The number of hydrogen-bond acceptors (Lipinski definition) is 4. The number of pyridine rings is 1. The third kappa shape index (κ3) is 3.18. The Labute approximate surface area is 90.5 Å². The van der Waals surface area contributed by atoms with Crippen molar-refractivity contribution in [1.82, 2.24) is 10.3 Å². The van der Waals surface area contributed by atoms with E-state index in [1.165, 1.54) is 0 Å². The second-order valence-corrected chi connectivity index (χ2v) is 3.65. The largest absolute Gasteiger partial charge is 0.387 e. The van der Waals surface area contributed by atoms with Gasteiger partial charge in [0.25, 0.3) is 0 Å². The third-order valence-electron chi connectivity index (χ3n) is 2.34. The van der Waals surface area contributed by atoms with Crippen molar-refractivity contribution in [2.24, 2.45) is 0 Å². The second kappa shape index (κ2) is 5.68. The summed E-state index contributed by atoms with van der Waals surface area (Å²) >= 11 is 0. The number of aliphatic hydroxyl groups excluding tert-OH is 1. The molecule has 1 aromatic rings. The van der Waals surface area contributed by atoms with Crippen molar-refractivity contribution >= 4 is 5.82 Å². The van der Waals surface area contributed by atoms with Crippen molar-refractivity contribution < 1.29 is 5.11 Å². The smallest absolute Gasteiger partial charge is 0.129 e. The van der Waals surface area contributed by atoms with Crippen LogP contribution in [-0.2, 0) is 0 Å². The van der Waals surface area contributed by atoms with E-state index in [9.17, 15) is 5.11 Å². The molecule has 0 spiro atoms. The summed E-state index contributed by atoms with van der Waals surface area (Å²) in [5, 5.41) is 13.1. The van der Waals surface area contributed by atoms with Gasteiger partial charge in [0.05, 0.1) is 6.10 Å². The molecule has 1 atom stereocenters. The maximum Gasteiger partial charge on any atom is 0.129 e. The average Bonchev–Trinajstić information content (AvgIpc) is 2.18. The number of aliphatic hydroxyl groups is 1. The van der Waals surface area contributed by atoms with E-state index in [1.54, 1.807) is 6.20 Å². The molecule has 0 radical (unpaired) electrons. The number of nitrogens with two attached hydrogens (primary N) is 1. The van der Waals surface area contributed by atoms with Gasteiger partial charge in [0.15, 0.2) is 0 Å². The minimum atomic E-state index is -0.578. The quantitative estimate of drug-likeness (QED) is 0.633. The molecule has 0 aliphatic heterocycles. The Hall–Kier alpha value is -1.13. The Balaban J connectivity index is 2.68. The number of anilines is 1. The highest BCUT2D eigenvalue weighted by atomic mass is 16.3. The van der Waals surface area contributed by atoms with Gasteiger partial charge < -0.3 is 16.2 Å². The zero-order valence-electron chi connectivity index (χ0n) is 9.33. The molecule has 0 fully saturated rings. The molecule has 1 heterocycles. The van der Waals surface area contributed by atoms with Crippen LogP contribution in [0.5, 0.6) is 0 Å². The van der Waals surface area contributed by atoms with Crippen LogP contribution in [-0.4, -0.2) is 23.2 Å². The molecule has 84 valence electrons. The molecule has 4 N–H and O–H groups in total. The average molecular weight is 209 g/mol. The van der Waals surface area contributed by atoms with E-state index in [2.05, 4.69) is 17.2 Å². The van der Waals surface area contributed by atoms with Crippen LogP contribution >= 0.6 is 0 Å². The van der Waals surface area contributed by atoms with Gasteiger partial charge in [0.1, 0.15) is 5.82 Å². The summed E-state index contributed by atoms with van der Waals surface area (Å²) < 4.78 is 0. The number of nitrogens with zero attached hydrogens (tertiary/aromatic N) is 1. The van der Waals surface area contributed by atoms with Gasteiger partial charge in [-0.15, -0.1) is 0 Å². The van der Waals surface area contributed by atoms with E-state index in [-0.39, 0.29) is 0 Å². The van der Waals surface area contributed by atoms with Crippen LogP contribution in [0.2, 0.25) is 0 Å². The van der Waals surface area contributed by atoms with Crippen LogP contribution in [0.1, 0.15) is 30.6 Å². The highest BCUT2D eigenvalue weighted by molar-refractivity contribution is 5.45. The Kier molecular flexibility index (Phi) is 4.52. The van der Waals surface area contributed by atoms with E-state index in [4.69, 9.17) is 5.73 Å². The molecule has 15 heavy (non-hydrogen) atoms. The minimum Gasteiger partial charge on any atom is -0.387 e. The zero-order chi connectivity index (χ0) is 11.3. The summed E-state index contributed by atoms with van der Waals surface area (Å²) in [5.74, 6) is 0.417. The Morgan fingerprint density at radius 2 is 2.33 bits per heavy atom. The van der Waals surface area contributed by atoms with Crippen LogP contribution in [0.3, 0.4) is 0 Å². The molecule has 4 nitrogen and oxygen atoms in total. The SMILES string of the molecule is CCCNCC(O)c1c(C)ccnc1N. The summed E-state index contributed by atoms with van der Waals surface area (Å²) in [6.45, 7) is 5.43. The Morgan fingerprint density at radius 3 is 2.93 bits per heavy atom. The van der Waals surface area contributed by atoms with Gasteiger partial charge in [-0.2, -0.15) is 0 Å². The van der Waals surface area contributed by atoms with Crippen molar-refractivity contribution in [2.75, 3.05) is 18.8 Å². The van der Waals surface area contributed by atoms with E-state index in [0.717, 1.165) is 24.1 Å². The molecular weight excluding hydrogens is 190 g/mol. The Bertz CT molecular complexity index is 294. The zero-order valence-corrected chi connectivity index (χ0v) is 9.33. The summed E-state index contributed by atoms with van der Waals surface area (Å²) in [4.78, 5) is 3.98. The number of nitrogens with one attached hydrogen (secondary N) is 1. The fourth-order valence-electron chi connectivity index (χ4n) is 1.54. The predicted octanol–water partition coefficient (Wildman–Crippen LogP) is 1.01. The first-order chi connectivity index (χ1) is 7.16. The lowest BCUT2D eigenvalue weighted by Crippen LogP contribution is -2.23. The molecule has 0 aliphatic carbocycles. The third-order valence-corrected chi connectivity index (χ3v) is 2.34. The van der Waals surface area contributed by atoms with E-state index < -0.39 is 6.10 Å². The molecule has 0 bridgehead atoms. The molecule has 0 saturated heterocycles. The second-order valence-electron chi connectivity index (χ2n) is 3.65. The molecule has 1 rings (SSSR count). The Morgan fingerprint density at radius 1 is 1.60 bits per heavy atom. The van der Waals surface area contributed by atoms with Crippen LogP contribution in [0, 0.1) is 6.92 Å². The maximum atomic E-state index is 9.93. The fourth-order valence-corrected chi connectivity index (χ4v) is 1.54. The summed E-state index contributed by atoms with van der Waals surface area (Å²) in [5.41, 5.74) is 7.44. The number of rotatable bonds is 5. The van der Waals surface area contributed by atoms with Crippen LogP contribution < -0.4 is 11.1 Å². The van der Waals surface area contributed by atoms with Gasteiger partial charge >= 0.3 is 0 Å². The molecule has 0 aromatic carbocycles. The predicted molar refractivity (Wildman–Crippen MR) is 61.5 cm³/mol. The fraction of sp³-hybridized carbons (Fsp3) is 0.545. The molecule has 0 saturated carbocycles. The highest BCUT2D eigenvalue weighted by Gasteiger charge is 2.13. The van der Waals surface area contributed by atoms with Gasteiger partial charge in [-0.05, 0) is 31.5 Å². The van der Waals surface area contributed by atoms with Crippen LogP contribution in [0.4, 0.5) is 5.82 Å². The van der Waals surface area contributed by atoms with E-state index in [1.807, 2.05) is 13.0 Å². The number of aryl methyl sites for hydroxylation is 1. The van der Waals surface area contributed by atoms with Crippen molar-refractivity contribution in [3.63, 3.8) is 0 Å². The van der Waals surface area contributed by atoms with Gasteiger partial charge in [0, 0.05) is 18.3 Å². The standard InChI is InChI=1S/C11H19N3O/c1-3-5-13-7-9(15)10-8(2)4-6-14-11(10)12/h4,6,9,13,15H,3,5,7H2,1-2H3,(H2,12,14). The van der Waals surface area contributed by atoms with E-state index in [0.29, 0.717) is 12.4 Å². The van der Waals surface area contributed by atoms with Gasteiger partial charge in [-0.3, -0.25) is 0 Å². The number of hydrogen-bond donors (Lipinski definition) is 3. The number of aromatic nitrogens is 1. The van der Waals surface area contributed by atoms with Gasteiger partial charge in [-0.1, -0.05) is 6.92 Å². The summed E-state index contributed by atoms with van der Waals surface area (Å²) in [7, 11) is 0. The van der Waals surface area contributed by atoms with Crippen molar-refractivity contribution in [2.45, 2.75) is 26.4 Å². The van der Waals surface area contributed by atoms with E-state index >= 15 is 0 Å². The summed E-state index contributed by atoms with van der Waals surface area (Å²) in [6.07, 6.45) is 2.12. The lowest BCUT2D eigenvalue weighted by Gasteiger charge is -2.15. The topological polar surface area (TPSA) is 71.2 Å². The lowest BCUT2D eigenvalue weighted by atomic mass is 10.1. The molecular formula is C11H19N3O. The normalized spacial score (nSPS) is 12.7. The molecule has 1 aromatic heterocycles. The first kappa shape index (κ1) is 11.9. The highest BCUT2D eigenvalue weighted by Crippen LogP contribution is 2.21. The van der Waals surface area contributed by atoms with Crippen LogP contribution in [0.25, 0.3) is 0 Å². The summed E-state index contributed by atoms with van der Waals surface area (Å²) in [6, 6.07) is 1.86. The van der Waals surface area contributed by atoms with Crippen molar-refractivity contribution in [3.8, 4) is 0 Å². The molecule has 0 amide bonds. The van der Waals surface area contributed by atoms with Gasteiger partial charge in [-0.25, -0.2) is 4.98 Å². The minimum absolute atomic E-state index is 0.417. The van der Waals surface area contributed by atoms with Crippen molar-refractivity contribution in [3.05, 3.63) is 23.4 Å². The first-order valence-corrected chi connectivity index (χ1v) is 5.26.